The number of hydrogen-bond acceptors (Lipinski definition) is 3. The Balaban J connectivity index is 2.68. The molecule has 86 valence electrons. The zero-order chi connectivity index (χ0) is 11.8. The van der Waals surface area contributed by atoms with E-state index in [-0.39, 0.29) is 5.97 Å². The van der Waals surface area contributed by atoms with Crippen molar-refractivity contribution in [2.75, 3.05) is 7.11 Å². The predicted molar refractivity (Wildman–Crippen MR) is 62.1 cm³/mol. The van der Waals surface area contributed by atoms with E-state index in [1.54, 1.807) is 0 Å². The first kappa shape index (κ1) is 12.3. The molecule has 0 heterocycles. The van der Waals surface area contributed by atoms with E-state index < -0.39 is 0 Å². The lowest BCUT2D eigenvalue weighted by molar-refractivity contribution is -0.136. The average molecular weight is 220 g/mol. The number of esters is 1. The highest BCUT2D eigenvalue weighted by Gasteiger charge is 2.08. The third kappa shape index (κ3) is 3.77. The van der Waals surface area contributed by atoms with Crippen LogP contribution in [0.15, 0.2) is 42.2 Å². The Morgan fingerprint density at radius 2 is 2.00 bits per heavy atom. The molecular weight excluding hydrogens is 204 g/mol. The Hall–Kier alpha value is -1.77. The van der Waals surface area contributed by atoms with Crippen molar-refractivity contribution in [1.82, 2.24) is 0 Å². The molecule has 0 aliphatic carbocycles. The van der Waals surface area contributed by atoms with Crippen molar-refractivity contribution >= 4 is 5.97 Å². The molecule has 0 bridgehead atoms. The van der Waals surface area contributed by atoms with Gasteiger partial charge in [-0.2, -0.15) is 0 Å². The summed E-state index contributed by atoms with van der Waals surface area (Å²) in [5.41, 5.74) is 0.550. The van der Waals surface area contributed by atoms with Gasteiger partial charge in [0, 0.05) is 0 Å². The van der Waals surface area contributed by atoms with Crippen LogP contribution in [0.4, 0.5) is 0 Å². The molecule has 16 heavy (non-hydrogen) atoms. The largest absolute Gasteiger partial charge is 0.466 e. The first-order valence-electron chi connectivity index (χ1n) is 5.27. The smallest absolute Gasteiger partial charge is 0.336 e. The summed E-state index contributed by atoms with van der Waals surface area (Å²) in [5, 5.41) is 0. The van der Waals surface area contributed by atoms with Crippen LogP contribution in [0.5, 0.6) is 5.75 Å². The van der Waals surface area contributed by atoms with Gasteiger partial charge in [-0.3, -0.25) is 0 Å². The molecule has 3 nitrogen and oxygen atoms in total. The normalized spacial score (nSPS) is 11.0. The van der Waals surface area contributed by atoms with E-state index in [9.17, 15) is 4.79 Å². The van der Waals surface area contributed by atoms with E-state index in [4.69, 9.17) is 4.74 Å². The number of carbonyl (C=O) groups is 1. The van der Waals surface area contributed by atoms with Crippen LogP contribution in [0.3, 0.4) is 0 Å². The van der Waals surface area contributed by atoms with Gasteiger partial charge in [-0.25, -0.2) is 4.79 Å². The van der Waals surface area contributed by atoms with E-state index >= 15 is 0 Å². The van der Waals surface area contributed by atoms with Crippen molar-refractivity contribution in [2.24, 2.45) is 0 Å². The topological polar surface area (TPSA) is 35.5 Å². The maximum atomic E-state index is 11.4. The molecule has 1 aromatic carbocycles. The third-order valence-electron chi connectivity index (χ3n) is 2.05. The molecular formula is C13H16O3. The van der Waals surface area contributed by atoms with Gasteiger partial charge in [-0.15, -0.1) is 0 Å². The quantitative estimate of drug-likeness (QED) is 0.435. The van der Waals surface area contributed by atoms with Crippen molar-refractivity contribution in [3.05, 3.63) is 42.2 Å². The molecule has 0 radical (unpaired) electrons. The molecule has 1 rings (SSSR count). The van der Waals surface area contributed by atoms with Crippen LogP contribution in [-0.4, -0.2) is 13.1 Å². The molecule has 0 N–H and O–H groups in total. The lowest BCUT2D eigenvalue weighted by Crippen LogP contribution is -2.06. The molecule has 0 aliphatic rings. The number of carbonyl (C=O) groups excluding carboxylic acids is 1. The molecule has 0 aromatic heterocycles. The fraction of sp³-hybridized carbons (Fsp3) is 0.308. The molecule has 0 saturated heterocycles. The number of benzene rings is 1. The van der Waals surface area contributed by atoms with E-state index in [0.717, 1.165) is 6.42 Å². The minimum Gasteiger partial charge on any atom is -0.466 e. The fourth-order valence-electron chi connectivity index (χ4n) is 1.25. The first-order chi connectivity index (χ1) is 7.77. The lowest BCUT2D eigenvalue weighted by Gasteiger charge is -2.04. The molecule has 0 saturated carbocycles. The van der Waals surface area contributed by atoms with Gasteiger partial charge in [0.05, 0.1) is 12.7 Å². The van der Waals surface area contributed by atoms with E-state index in [1.807, 2.05) is 37.3 Å². The average Bonchev–Trinajstić information content (AvgIpc) is 2.34. The second kappa shape index (κ2) is 6.67. The van der Waals surface area contributed by atoms with Crippen molar-refractivity contribution < 1.29 is 14.3 Å². The number of rotatable bonds is 5. The van der Waals surface area contributed by atoms with Gasteiger partial charge in [-0.05, 0) is 18.6 Å². The Bertz CT molecular complexity index is 355. The molecule has 0 spiro atoms. The summed E-state index contributed by atoms with van der Waals surface area (Å²) >= 11 is 0. The van der Waals surface area contributed by atoms with Crippen LogP contribution < -0.4 is 4.74 Å². The molecule has 0 aliphatic heterocycles. The maximum Gasteiger partial charge on any atom is 0.336 e. The van der Waals surface area contributed by atoms with Gasteiger partial charge in [0.1, 0.15) is 12.0 Å². The molecule has 3 heteroatoms. The summed E-state index contributed by atoms with van der Waals surface area (Å²) in [6.07, 6.45) is 2.99. The fourth-order valence-corrected chi connectivity index (χ4v) is 1.25. The van der Waals surface area contributed by atoms with E-state index in [2.05, 4.69) is 4.74 Å². The Morgan fingerprint density at radius 3 is 2.56 bits per heavy atom. The Morgan fingerprint density at radius 1 is 1.31 bits per heavy atom. The highest BCUT2D eigenvalue weighted by Crippen LogP contribution is 2.12. The van der Waals surface area contributed by atoms with Crippen molar-refractivity contribution in [2.45, 2.75) is 19.8 Å². The van der Waals surface area contributed by atoms with Gasteiger partial charge in [0.25, 0.3) is 0 Å². The van der Waals surface area contributed by atoms with Gasteiger partial charge in [-0.1, -0.05) is 31.5 Å². The molecule has 0 fully saturated rings. The van der Waals surface area contributed by atoms with Crippen molar-refractivity contribution in [1.29, 1.82) is 0 Å². The summed E-state index contributed by atoms with van der Waals surface area (Å²) in [6.45, 7) is 2.00. The standard InChI is InChI=1S/C13H16O3/c1-3-7-11(13(14)15-2)10-16-12-8-5-4-6-9-12/h4-6,8-10H,3,7H2,1-2H3/b11-10+. The van der Waals surface area contributed by atoms with Gasteiger partial charge in [0.2, 0.25) is 0 Å². The Kier molecular flexibility index (Phi) is 5.12. The highest BCUT2D eigenvalue weighted by molar-refractivity contribution is 5.88. The third-order valence-corrected chi connectivity index (χ3v) is 2.05. The van der Waals surface area contributed by atoms with Crippen LogP contribution in [0.2, 0.25) is 0 Å². The molecule has 0 unspecified atom stereocenters. The molecule has 0 amide bonds. The summed E-state index contributed by atoms with van der Waals surface area (Å²) in [5.74, 6) is 0.373. The van der Waals surface area contributed by atoms with E-state index in [0.29, 0.717) is 17.7 Å². The SMILES string of the molecule is CCC/C(=C\Oc1ccccc1)C(=O)OC. The predicted octanol–water partition coefficient (Wildman–Crippen LogP) is 2.92. The number of methoxy groups -OCH3 is 1. The summed E-state index contributed by atoms with van der Waals surface area (Å²) in [6, 6.07) is 9.32. The van der Waals surface area contributed by atoms with Crippen molar-refractivity contribution in [3.63, 3.8) is 0 Å². The van der Waals surface area contributed by atoms with Crippen LogP contribution >= 0.6 is 0 Å². The van der Waals surface area contributed by atoms with Gasteiger partial charge >= 0.3 is 5.97 Å². The number of hydrogen-bond donors (Lipinski definition) is 0. The Labute approximate surface area is 95.7 Å². The minimum absolute atomic E-state index is 0.335. The zero-order valence-electron chi connectivity index (χ0n) is 9.60. The zero-order valence-corrected chi connectivity index (χ0v) is 9.60. The molecule has 1 aromatic rings. The van der Waals surface area contributed by atoms with Crippen molar-refractivity contribution in [3.8, 4) is 5.75 Å². The van der Waals surface area contributed by atoms with Crippen LogP contribution in [0.25, 0.3) is 0 Å². The van der Waals surface area contributed by atoms with Gasteiger partial charge < -0.3 is 9.47 Å². The van der Waals surface area contributed by atoms with Crippen LogP contribution in [0, 0.1) is 0 Å². The first-order valence-corrected chi connectivity index (χ1v) is 5.27. The summed E-state index contributed by atoms with van der Waals surface area (Å²) in [7, 11) is 1.37. The maximum absolute atomic E-state index is 11.4. The lowest BCUT2D eigenvalue weighted by atomic mass is 10.2. The minimum atomic E-state index is -0.335. The second-order valence-electron chi connectivity index (χ2n) is 3.32. The highest BCUT2D eigenvalue weighted by atomic mass is 16.5. The van der Waals surface area contributed by atoms with E-state index in [1.165, 1.54) is 13.4 Å². The second-order valence-corrected chi connectivity index (χ2v) is 3.32. The van der Waals surface area contributed by atoms with Gasteiger partial charge in [0.15, 0.2) is 0 Å². The summed E-state index contributed by atoms with van der Waals surface area (Å²) in [4.78, 5) is 11.4. The van der Waals surface area contributed by atoms with Crippen LogP contribution in [0.1, 0.15) is 19.8 Å². The molecule has 0 atom stereocenters. The summed E-state index contributed by atoms with van der Waals surface area (Å²) < 4.78 is 10.0. The van der Waals surface area contributed by atoms with Crippen LogP contribution in [-0.2, 0) is 9.53 Å². The monoisotopic (exact) mass is 220 g/mol. The number of para-hydroxylation sites is 1. The number of ether oxygens (including phenoxy) is 2.